The number of aliphatic hydroxyl groups is 1. The Hall–Kier alpha value is -1.64. The van der Waals surface area contributed by atoms with Gasteiger partial charge in [-0.1, -0.05) is 26.2 Å². The number of nitrogens with zero attached hydrogens (tertiary/aromatic N) is 1. The van der Waals surface area contributed by atoms with Gasteiger partial charge in [-0.15, -0.1) is 0 Å². The lowest BCUT2D eigenvalue weighted by Gasteiger charge is -2.13. The zero-order valence-corrected chi connectivity index (χ0v) is 12.4. The molecule has 5 heteroatoms. The average molecular weight is 294 g/mol. The van der Waals surface area contributed by atoms with Crippen LogP contribution in [0.25, 0.3) is 0 Å². The normalized spacial score (nSPS) is 11.9. The molecule has 0 aromatic heterocycles. The molecule has 0 saturated heterocycles. The number of aliphatic hydroxyl groups excluding tert-OH is 1. The van der Waals surface area contributed by atoms with Gasteiger partial charge in [0.25, 0.3) is 0 Å². The van der Waals surface area contributed by atoms with Crippen LogP contribution >= 0.6 is 0 Å². The van der Waals surface area contributed by atoms with Crippen molar-refractivity contribution in [3.63, 3.8) is 0 Å². The molecule has 0 radical (unpaired) electrons. The van der Waals surface area contributed by atoms with Gasteiger partial charge in [-0.25, -0.2) is 4.39 Å². The molecule has 0 fully saturated rings. The van der Waals surface area contributed by atoms with E-state index < -0.39 is 11.9 Å². The van der Waals surface area contributed by atoms with E-state index in [2.05, 4.69) is 12.2 Å². The van der Waals surface area contributed by atoms with Gasteiger partial charge < -0.3 is 15.2 Å². The van der Waals surface area contributed by atoms with Gasteiger partial charge in [-0.3, -0.25) is 0 Å². The van der Waals surface area contributed by atoms with Crippen LogP contribution in [0.4, 0.5) is 10.1 Å². The minimum atomic E-state index is -0.633. The minimum absolute atomic E-state index is 0.0123. The number of halogens is 1. The van der Waals surface area contributed by atoms with Crippen LogP contribution in [0.5, 0.6) is 0 Å². The molecule has 0 bridgehead atoms. The number of benzene rings is 1. The van der Waals surface area contributed by atoms with Crippen LogP contribution in [0.1, 0.15) is 38.2 Å². The first-order valence-electron chi connectivity index (χ1n) is 7.36. The summed E-state index contributed by atoms with van der Waals surface area (Å²) in [5.41, 5.74) is 0.594. The summed E-state index contributed by atoms with van der Waals surface area (Å²) in [7, 11) is 0. The molecule has 1 rings (SSSR count). The van der Waals surface area contributed by atoms with Crippen LogP contribution in [0.2, 0.25) is 0 Å². The zero-order valence-electron chi connectivity index (χ0n) is 12.4. The number of unbranched alkanes of at least 4 members (excludes halogenated alkanes) is 3. The SMILES string of the molecule is CCCCCCOCC(O)CNc1ccc(F)c(C#N)c1. The zero-order chi connectivity index (χ0) is 15.5. The van der Waals surface area contributed by atoms with Crippen LogP contribution in [-0.4, -0.2) is 31.0 Å². The van der Waals surface area contributed by atoms with E-state index in [0.717, 1.165) is 12.8 Å². The highest BCUT2D eigenvalue weighted by molar-refractivity contribution is 5.49. The Morgan fingerprint density at radius 3 is 2.90 bits per heavy atom. The van der Waals surface area contributed by atoms with Crippen LogP contribution in [0.3, 0.4) is 0 Å². The number of nitrogens with one attached hydrogen (secondary N) is 1. The van der Waals surface area contributed by atoms with Crippen molar-refractivity contribution in [2.75, 3.05) is 25.1 Å². The van der Waals surface area contributed by atoms with E-state index in [1.54, 1.807) is 6.07 Å². The first kappa shape index (κ1) is 17.4. The van der Waals surface area contributed by atoms with E-state index in [1.165, 1.54) is 31.0 Å². The highest BCUT2D eigenvalue weighted by atomic mass is 19.1. The Bertz CT molecular complexity index is 460. The molecule has 0 aliphatic rings. The first-order valence-corrected chi connectivity index (χ1v) is 7.36. The van der Waals surface area contributed by atoms with E-state index in [-0.39, 0.29) is 12.2 Å². The van der Waals surface area contributed by atoms with Crippen molar-refractivity contribution in [3.8, 4) is 6.07 Å². The number of anilines is 1. The molecule has 0 aliphatic heterocycles. The van der Waals surface area contributed by atoms with E-state index in [0.29, 0.717) is 18.8 Å². The maximum absolute atomic E-state index is 13.1. The fourth-order valence-corrected chi connectivity index (χ4v) is 1.87. The smallest absolute Gasteiger partial charge is 0.141 e. The lowest BCUT2D eigenvalue weighted by atomic mass is 10.2. The van der Waals surface area contributed by atoms with Crippen molar-refractivity contribution in [3.05, 3.63) is 29.6 Å². The van der Waals surface area contributed by atoms with Crippen molar-refractivity contribution < 1.29 is 14.2 Å². The fourth-order valence-electron chi connectivity index (χ4n) is 1.87. The molecular formula is C16H23FN2O2. The quantitative estimate of drug-likeness (QED) is 0.651. The number of hydrogen-bond acceptors (Lipinski definition) is 4. The molecule has 1 aromatic carbocycles. The van der Waals surface area contributed by atoms with Gasteiger partial charge in [-0.05, 0) is 24.6 Å². The Morgan fingerprint density at radius 1 is 1.38 bits per heavy atom. The molecule has 0 aliphatic carbocycles. The third kappa shape index (κ3) is 7.07. The van der Waals surface area contributed by atoms with Crippen LogP contribution in [-0.2, 0) is 4.74 Å². The second-order valence-electron chi connectivity index (χ2n) is 4.98. The predicted molar refractivity (Wildman–Crippen MR) is 80.6 cm³/mol. The van der Waals surface area contributed by atoms with Gasteiger partial charge in [0, 0.05) is 18.8 Å². The molecule has 0 heterocycles. The molecule has 0 spiro atoms. The van der Waals surface area contributed by atoms with Gasteiger partial charge in [0.2, 0.25) is 0 Å². The van der Waals surface area contributed by atoms with E-state index in [9.17, 15) is 9.50 Å². The second-order valence-corrected chi connectivity index (χ2v) is 4.98. The fraction of sp³-hybridized carbons (Fsp3) is 0.562. The van der Waals surface area contributed by atoms with E-state index >= 15 is 0 Å². The Morgan fingerprint density at radius 2 is 2.19 bits per heavy atom. The third-order valence-corrected chi connectivity index (χ3v) is 3.08. The van der Waals surface area contributed by atoms with Gasteiger partial charge in [-0.2, -0.15) is 5.26 Å². The van der Waals surface area contributed by atoms with Crippen molar-refractivity contribution in [1.29, 1.82) is 5.26 Å². The highest BCUT2D eigenvalue weighted by Gasteiger charge is 2.06. The van der Waals surface area contributed by atoms with Gasteiger partial charge in [0.1, 0.15) is 11.9 Å². The first-order chi connectivity index (χ1) is 10.2. The molecular weight excluding hydrogens is 271 g/mol. The summed E-state index contributed by atoms with van der Waals surface area (Å²) >= 11 is 0. The standard InChI is InChI=1S/C16H23FN2O2/c1-2-3-4-5-8-21-12-15(20)11-19-14-6-7-16(17)13(9-14)10-18/h6-7,9,15,19-20H,2-5,8,11-12H2,1H3. The number of hydrogen-bond donors (Lipinski definition) is 2. The van der Waals surface area contributed by atoms with Crippen LogP contribution in [0, 0.1) is 17.1 Å². The molecule has 0 amide bonds. The van der Waals surface area contributed by atoms with Gasteiger partial charge in [0.05, 0.1) is 18.3 Å². The number of ether oxygens (including phenoxy) is 1. The minimum Gasteiger partial charge on any atom is -0.389 e. The number of rotatable bonds is 10. The molecule has 1 aromatic rings. The summed E-state index contributed by atoms with van der Waals surface area (Å²) < 4.78 is 18.5. The highest BCUT2D eigenvalue weighted by Crippen LogP contribution is 2.13. The maximum atomic E-state index is 13.1. The third-order valence-electron chi connectivity index (χ3n) is 3.08. The van der Waals surface area contributed by atoms with E-state index in [1.807, 2.05) is 0 Å². The van der Waals surface area contributed by atoms with Gasteiger partial charge in [0.15, 0.2) is 0 Å². The summed E-state index contributed by atoms with van der Waals surface area (Å²) in [6.07, 6.45) is 3.93. The largest absolute Gasteiger partial charge is 0.389 e. The molecule has 21 heavy (non-hydrogen) atoms. The van der Waals surface area contributed by atoms with Crippen molar-refractivity contribution in [2.45, 2.75) is 38.7 Å². The molecule has 1 atom stereocenters. The Balaban J connectivity index is 2.21. The number of nitriles is 1. The predicted octanol–water partition coefficient (Wildman–Crippen LogP) is 3.07. The molecule has 4 nitrogen and oxygen atoms in total. The maximum Gasteiger partial charge on any atom is 0.141 e. The lowest BCUT2D eigenvalue weighted by molar-refractivity contribution is 0.0417. The van der Waals surface area contributed by atoms with Crippen molar-refractivity contribution in [2.24, 2.45) is 0 Å². The summed E-state index contributed by atoms with van der Waals surface area (Å²) in [4.78, 5) is 0. The monoisotopic (exact) mass is 294 g/mol. The van der Waals surface area contributed by atoms with Crippen molar-refractivity contribution in [1.82, 2.24) is 0 Å². The topological polar surface area (TPSA) is 65.3 Å². The summed E-state index contributed by atoms with van der Waals surface area (Å²) in [5, 5.41) is 21.5. The van der Waals surface area contributed by atoms with Gasteiger partial charge >= 0.3 is 0 Å². The summed E-state index contributed by atoms with van der Waals surface area (Å²) in [5.74, 6) is -0.543. The van der Waals surface area contributed by atoms with Crippen molar-refractivity contribution >= 4 is 5.69 Å². The summed E-state index contributed by atoms with van der Waals surface area (Å²) in [6.45, 7) is 3.38. The Labute approximate surface area is 125 Å². The molecule has 116 valence electrons. The Kier molecular flexibility index (Phi) is 8.41. The molecule has 0 saturated carbocycles. The molecule has 1 unspecified atom stereocenters. The molecule has 2 N–H and O–H groups in total. The van der Waals surface area contributed by atoms with Crippen LogP contribution < -0.4 is 5.32 Å². The summed E-state index contributed by atoms with van der Waals surface area (Å²) in [6, 6.07) is 5.97. The lowest BCUT2D eigenvalue weighted by Crippen LogP contribution is -2.25. The average Bonchev–Trinajstić information content (AvgIpc) is 2.50. The van der Waals surface area contributed by atoms with Crippen LogP contribution in [0.15, 0.2) is 18.2 Å². The van der Waals surface area contributed by atoms with E-state index in [4.69, 9.17) is 10.00 Å². The second kappa shape index (κ2) is 10.1.